The zero-order valence-electron chi connectivity index (χ0n) is 13.7. The summed E-state index contributed by atoms with van der Waals surface area (Å²) in [5.41, 5.74) is 2.29. The first-order valence-corrected chi connectivity index (χ1v) is 8.92. The second kappa shape index (κ2) is 6.52. The molecule has 3 atom stereocenters. The van der Waals surface area contributed by atoms with Crippen molar-refractivity contribution in [2.45, 2.75) is 24.8 Å². The normalized spacial score (nSPS) is 26.1. The number of amides is 1. The highest BCUT2D eigenvalue weighted by Crippen LogP contribution is 2.45. The van der Waals surface area contributed by atoms with Crippen LogP contribution in [0.25, 0.3) is 0 Å². The molecule has 5 heteroatoms. The predicted molar refractivity (Wildman–Crippen MR) is 97.2 cm³/mol. The molecule has 0 spiro atoms. The number of hydrogen-bond acceptors (Lipinski definition) is 3. The average molecular weight is 355 g/mol. The molecule has 0 bridgehead atoms. The number of nitrogens with zero attached hydrogens (tertiary/aromatic N) is 2. The second-order valence-electron chi connectivity index (χ2n) is 6.65. The van der Waals surface area contributed by atoms with Gasteiger partial charge in [0.25, 0.3) is 0 Å². The van der Waals surface area contributed by atoms with Crippen LogP contribution in [0.5, 0.6) is 0 Å². The van der Waals surface area contributed by atoms with E-state index in [1.54, 1.807) is 0 Å². The number of benzene rings is 2. The van der Waals surface area contributed by atoms with Crippen LogP contribution in [0.3, 0.4) is 0 Å². The molecule has 25 heavy (non-hydrogen) atoms. The fourth-order valence-electron chi connectivity index (χ4n) is 4.29. The molecule has 4 rings (SSSR count). The van der Waals surface area contributed by atoms with Crippen molar-refractivity contribution < 1.29 is 10.0 Å². The topological polar surface area (TPSA) is 52.9 Å². The van der Waals surface area contributed by atoms with Crippen LogP contribution in [0.4, 0.5) is 0 Å². The molecule has 2 heterocycles. The first-order chi connectivity index (χ1) is 12.2. The molecule has 2 aliphatic heterocycles. The number of halogens is 1. The van der Waals surface area contributed by atoms with E-state index < -0.39 is 5.92 Å². The third-order valence-electron chi connectivity index (χ3n) is 5.35. The third kappa shape index (κ3) is 2.71. The van der Waals surface area contributed by atoms with E-state index in [4.69, 9.17) is 11.6 Å². The van der Waals surface area contributed by atoms with Crippen LogP contribution in [-0.4, -0.2) is 34.3 Å². The van der Waals surface area contributed by atoms with Crippen LogP contribution in [0.1, 0.15) is 29.9 Å². The molecule has 0 aromatic heterocycles. The number of carbonyl (C=O) groups excluding carboxylic acids is 1. The number of rotatable bonds is 3. The molecular formula is C20H19ClN2O2. The molecule has 1 N–H and O–H groups in total. The minimum Gasteiger partial charge on any atom is -0.411 e. The first kappa shape index (κ1) is 16.2. The van der Waals surface area contributed by atoms with Gasteiger partial charge >= 0.3 is 0 Å². The molecule has 2 aliphatic rings. The largest absolute Gasteiger partial charge is 0.411 e. The molecule has 1 unspecified atom stereocenters. The molecule has 2 aromatic carbocycles. The van der Waals surface area contributed by atoms with E-state index in [9.17, 15) is 10.0 Å². The number of carbonyl (C=O) groups is 1. The van der Waals surface area contributed by atoms with Crippen molar-refractivity contribution >= 4 is 23.2 Å². The molecule has 0 saturated carbocycles. The Bertz CT molecular complexity index is 804. The number of oxime groups is 1. The Hall–Kier alpha value is -2.33. The Morgan fingerprint density at radius 3 is 2.52 bits per heavy atom. The Morgan fingerprint density at radius 2 is 1.84 bits per heavy atom. The van der Waals surface area contributed by atoms with Gasteiger partial charge in [0.1, 0.15) is 0 Å². The smallest absolute Gasteiger partial charge is 0.232 e. The number of hydrogen-bond donors (Lipinski definition) is 1. The average Bonchev–Trinajstić information content (AvgIpc) is 3.21. The maximum absolute atomic E-state index is 13.1. The zero-order valence-corrected chi connectivity index (χ0v) is 14.4. The van der Waals surface area contributed by atoms with Crippen molar-refractivity contribution in [1.29, 1.82) is 0 Å². The highest BCUT2D eigenvalue weighted by molar-refractivity contribution is 6.30. The SMILES string of the molecule is O=C1[C@@H](/C(=N/O)c2ccccc2)[C@H](c2ccc(Cl)cc2)C2CCCN12. The van der Waals surface area contributed by atoms with E-state index in [1.165, 1.54) is 0 Å². The lowest BCUT2D eigenvalue weighted by atomic mass is 9.79. The van der Waals surface area contributed by atoms with Crippen molar-refractivity contribution in [2.75, 3.05) is 6.54 Å². The lowest BCUT2D eigenvalue weighted by molar-refractivity contribution is -0.129. The van der Waals surface area contributed by atoms with Crippen molar-refractivity contribution in [2.24, 2.45) is 11.1 Å². The predicted octanol–water partition coefficient (Wildman–Crippen LogP) is 3.92. The van der Waals surface area contributed by atoms with Crippen molar-refractivity contribution in [3.05, 3.63) is 70.7 Å². The van der Waals surface area contributed by atoms with Gasteiger partial charge in [0, 0.05) is 29.1 Å². The van der Waals surface area contributed by atoms with Crippen LogP contribution >= 0.6 is 11.6 Å². The summed E-state index contributed by atoms with van der Waals surface area (Å²) in [6.07, 6.45) is 1.99. The van der Waals surface area contributed by atoms with E-state index >= 15 is 0 Å². The van der Waals surface area contributed by atoms with Gasteiger partial charge in [-0.05, 0) is 30.5 Å². The molecule has 4 nitrogen and oxygen atoms in total. The molecule has 1 amide bonds. The summed E-state index contributed by atoms with van der Waals surface area (Å²) >= 11 is 6.04. The van der Waals surface area contributed by atoms with Gasteiger partial charge in [-0.1, -0.05) is 59.2 Å². The summed E-state index contributed by atoms with van der Waals surface area (Å²) in [5.74, 6) is -0.448. The molecule has 2 saturated heterocycles. The van der Waals surface area contributed by atoms with Crippen molar-refractivity contribution in [3.8, 4) is 0 Å². The highest BCUT2D eigenvalue weighted by Gasteiger charge is 2.52. The molecular weight excluding hydrogens is 336 g/mol. The van der Waals surface area contributed by atoms with Crippen LogP contribution in [0.15, 0.2) is 59.8 Å². The summed E-state index contributed by atoms with van der Waals surface area (Å²) in [6, 6.07) is 17.3. The third-order valence-corrected chi connectivity index (χ3v) is 5.60. The highest BCUT2D eigenvalue weighted by atomic mass is 35.5. The molecule has 0 aliphatic carbocycles. The maximum Gasteiger partial charge on any atom is 0.232 e. The van der Waals surface area contributed by atoms with Crippen molar-refractivity contribution in [3.63, 3.8) is 0 Å². The van der Waals surface area contributed by atoms with Crippen LogP contribution in [0, 0.1) is 5.92 Å². The second-order valence-corrected chi connectivity index (χ2v) is 7.08. The maximum atomic E-state index is 13.1. The molecule has 0 radical (unpaired) electrons. The molecule has 128 valence electrons. The van der Waals surface area contributed by atoms with E-state index in [-0.39, 0.29) is 17.9 Å². The summed E-state index contributed by atoms with van der Waals surface area (Å²) in [5, 5.41) is 14.0. The van der Waals surface area contributed by atoms with Gasteiger partial charge in [-0.25, -0.2) is 0 Å². The molecule has 2 fully saturated rings. The summed E-state index contributed by atoms with van der Waals surface area (Å²) in [7, 11) is 0. The zero-order chi connectivity index (χ0) is 17.4. The van der Waals surface area contributed by atoms with E-state index in [0.29, 0.717) is 10.7 Å². The van der Waals surface area contributed by atoms with Crippen LogP contribution in [0.2, 0.25) is 5.02 Å². The van der Waals surface area contributed by atoms with Gasteiger partial charge < -0.3 is 10.1 Å². The Morgan fingerprint density at radius 1 is 1.12 bits per heavy atom. The number of fused-ring (bicyclic) bond motifs is 1. The van der Waals surface area contributed by atoms with Crippen LogP contribution in [-0.2, 0) is 4.79 Å². The van der Waals surface area contributed by atoms with Crippen LogP contribution < -0.4 is 0 Å². The standard InChI is InChI=1S/C20H19ClN2O2/c21-15-10-8-13(9-11-15)17-16-7-4-12-23(16)20(24)18(17)19(22-25)14-5-2-1-3-6-14/h1-3,5-6,8-11,16-18,25H,4,7,12H2/b22-19+/t16?,17-,18-/m1/s1. The first-order valence-electron chi connectivity index (χ1n) is 8.54. The Balaban J connectivity index is 1.80. The molecule has 2 aromatic rings. The van der Waals surface area contributed by atoms with Gasteiger partial charge in [0.05, 0.1) is 11.6 Å². The summed E-state index contributed by atoms with van der Waals surface area (Å²) in [4.78, 5) is 15.1. The minimum atomic E-state index is -0.473. The van der Waals surface area contributed by atoms with E-state index in [1.807, 2.05) is 59.5 Å². The summed E-state index contributed by atoms with van der Waals surface area (Å²) in [6.45, 7) is 0.775. The lowest BCUT2D eigenvalue weighted by Gasteiger charge is -2.23. The van der Waals surface area contributed by atoms with Gasteiger partial charge in [-0.15, -0.1) is 0 Å². The summed E-state index contributed by atoms with van der Waals surface area (Å²) < 4.78 is 0. The van der Waals surface area contributed by atoms with Gasteiger partial charge in [0.2, 0.25) is 5.91 Å². The van der Waals surface area contributed by atoms with Crippen molar-refractivity contribution in [1.82, 2.24) is 4.90 Å². The Kier molecular flexibility index (Phi) is 4.22. The van der Waals surface area contributed by atoms with Gasteiger partial charge in [-0.2, -0.15) is 0 Å². The van der Waals surface area contributed by atoms with Gasteiger partial charge in [0.15, 0.2) is 0 Å². The lowest BCUT2D eigenvalue weighted by Crippen LogP contribution is -2.31. The van der Waals surface area contributed by atoms with E-state index in [0.717, 1.165) is 30.5 Å². The van der Waals surface area contributed by atoms with Gasteiger partial charge in [-0.3, -0.25) is 4.79 Å². The fourth-order valence-corrected chi connectivity index (χ4v) is 4.41. The fraction of sp³-hybridized carbons (Fsp3) is 0.300. The van der Waals surface area contributed by atoms with E-state index in [2.05, 4.69) is 5.16 Å². The Labute approximate surface area is 151 Å². The minimum absolute atomic E-state index is 0.0293. The quantitative estimate of drug-likeness (QED) is 0.516. The monoisotopic (exact) mass is 354 g/mol.